The summed E-state index contributed by atoms with van der Waals surface area (Å²) >= 11 is 2.88. The van der Waals surface area contributed by atoms with Crippen LogP contribution in [0.15, 0.2) is 35.2 Å². The maximum Gasteiger partial charge on any atom is 0.261 e. The lowest BCUT2D eigenvalue weighted by Crippen LogP contribution is -2.13. The van der Waals surface area contributed by atoms with Crippen molar-refractivity contribution in [2.75, 3.05) is 5.32 Å². The van der Waals surface area contributed by atoms with Gasteiger partial charge in [-0.05, 0) is 18.6 Å². The summed E-state index contributed by atoms with van der Waals surface area (Å²) in [5.41, 5.74) is 3.04. The number of carbonyl (C=O) groups excluding carboxylic acids is 1. The van der Waals surface area contributed by atoms with Crippen molar-refractivity contribution < 1.29 is 9.53 Å². The third-order valence-electron chi connectivity index (χ3n) is 2.98. The van der Waals surface area contributed by atoms with E-state index in [1.807, 2.05) is 18.4 Å². The van der Waals surface area contributed by atoms with Gasteiger partial charge in [0.1, 0.15) is 17.4 Å². The Morgan fingerprint density at radius 2 is 2.17 bits per heavy atom. The first-order valence-electron chi connectivity index (χ1n) is 6.99. The van der Waals surface area contributed by atoms with E-state index in [1.165, 1.54) is 22.7 Å². The SMILES string of the molecule is CCc1nnc(NC(=O)c2ccccc2OCc2cscn2)s1. The number of hydrogen-bond donors (Lipinski definition) is 1. The van der Waals surface area contributed by atoms with Crippen molar-refractivity contribution >= 4 is 33.7 Å². The molecule has 3 aromatic rings. The zero-order valence-electron chi connectivity index (χ0n) is 12.4. The quantitative estimate of drug-likeness (QED) is 0.740. The number of hydrogen-bond acceptors (Lipinski definition) is 7. The fourth-order valence-electron chi connectivity index (χ4n) is 1.85. The van der Waals surface area contributed by atoms with Gasteiger partial charge in [-0.15, -0.1) is 21.5 Å². The molecule has 0 aliphatic carbocycles. The Morgan fingerprint density at radius 3 is 2.91 bits per heavy atom. The van der Waals surface area contributed by atoms with E-state index in [4.69, 9.17) is 4.74 Å². The van der Waals surface area contributed by atoms with Gasteiger partial charge in [0.2, 0.25) is 5.13 Å². The smallest absolute Gasteiger partial charge is 0.261 e. The minimum absolute atomic E-state index is 0.266. The summed E-state index contributed by atoms with van der Waals surface area (Å²) in [6, 6.07) is 7.10. The van der Waals surface area contributed by atoms with Crippen LogP contribution in [0.25, 0.3) is 0 Å². The van der Waals surface area contributed by atoms with Crippen LogP contribution >= 0.6 is 22.7 Å². The van der Waals surface area contributed by atoms with Crippen molar-refractivity contribution in [3.8, 4) is 5.75 Å². The molecule has 8 heteroatoms. The van der Waals surface area contributed by atoms with Crippen molar-refractivity contribution in [2.24, 2.45) is 0 Å². The highest BCUT2D eigenvalue weighted by Crippen LogP contribution is 2.22. The van der Waals surface area contributed by atoms with Crippen LogP contribution in [-0.4, -0.2) is 21.1 Å². The lowest BCUT2D eigenvalue weighted by molar-refractivity contribution is 0.102. The van der Waals surface area contributed by atoms with E-state index in [9.17, 15) is 4.79 Å². The molecule has 118 valence electrons. The van der Waals surface area contributed by atoms with Crippen LogP contribution < -0.4 is 10.1 Å². The number of rotatable bonds is 6. The molecular formula is C15H14N4O2S2. The highest BCUT2D eigenvalue weighted by atomic mass is 32.1. The third kappa shape index (κ3) is 3.91. The summed E-state index contributed by atoms with van der Waals surface area (Å²) in [6.07, 6.45) is 0.793. The molecule has 3 rings (SSSR count). The van der Waals surface area contributed by atoms with Crippen LogP contribution in [0.5, 0.6) is 5.75 Å². The van der Waals surface area contributed by atoms with Gasteiger partial charge in [0.15, 0.2) is 0 Å². The Bertz CT molecular complexity index is 786. The van der Waals surface area contributed by atoms with Crippen LogP contribution in [0.4, 0.5) is 5.13 Å². The number of anilines is 1. The Labute approximate surface area is 141 Å². The first-order valence-corrected chi connectivity index (χ1v) is 8.75. The van der Waals surface area contributed by atoms with Crippen LogP contribution in [-0.2, 0) is 13.0 Å². The number of aromatic nitrogens is 3. The van der Waals surface area contributed by atoms with Crippen molar-refractivity contribution in [2.45, 2.75) is 20.0 Å². The van der Waals surface area contributed by atoms with Gasteiger partial charge >= 0.3 is 0 Å². The van der Waals surface area contributed by atoms with Crippen LogP contribution in [0, 0.1) is 0 Å². The van der Waals surface area contributed by atoms with E-state index in [0.717, 1.165) is 17.1 Å². The number of ether oxygens (including phenoxy) is 1. The zero-order chi connectivity index (χ0) is 16.1. The number of thiazole rings is 1. The number of aryl methyl sites for hydroxylation is 1. The van der Waals surface area contributed by atoms with Crippen molar-refractivity contribution in [1.29, 1.82) is 0 Å². The summed E-state index contributed by atoms with van der Waals surface area (Å²) in [5, 5.41) is 14.0. The molecule has 0 saturated heterocycles. The molecule has 6 nitrogen and oxygen atoms in total. The molecule has 0 unspecified atom stereocenters. The normalized spacial score (nSPS) is 10.5. The van der Waals surface area contributed by atoms with Gasteiger partial charge in [0.05, 0.1) is 16.8 Å². The number of amides is 1. The monoisotopic (exact) mass is 346 g/mol. The molecule has 1 amide bonds. The van der Waals surface area contributed by atoms with E-state index in [0.29, 0.717) is 23.1 Å². The maximum absolute atomic E-state index is 12.4. The summed E-state index contributed by atoms with van der Waals surface area (Å²) in [4.78, 5) is 16.6. The predicted octanol–water partition coefficient (Wildman–Crippen LogP) is 3.39. The van der Waals surface area contributed by atoms with Gasteiger partial charge in [-0.1, -0.05) is 30.4 Å². The lowest BCUT2D eigenvalue weighted by Gasteiger charge is -2.09. The third-order valence-corrected chi connectivity index (χ3v) is 4.60. The molecule has 0 saturated carbocycles. The van der Waals surface area contributed by atoms with Crippen molar-refractivity contribution in [3.05, 3.63) is 51.4 Å². The Balaban J connectivity index is 1.72. The number of nitrogens with one attached hydrogen (secondary N) is 1. The summed E-state index contributed by atoms with van der Waals surface area (Å²) in [5.74, 6) is 0.246. The molecule has 0 fully saturated rings. The van der Waals surface area contributed by atoms with Gasteiger partial charge in [-0.25, -0.2) is 4.98 Å². The van der Waals surface area contributed by atoms with E-state index in [2.05, 4.69) is 20.5 Å². The largest absolute Gasteiger partial charge is 0.486 e. The van der Waals surface area contributed by atoms with E-state index < -0.39 is 0 Å². The second-order valence-corrected chi connectivity index (χ2v) is 6.35. The second kappa shape index (κ2) is 7.30. The van der Waals surface area contributed by atoms with Gasteiger partial charge < -0.3 is 4.74 Å². The Hall–Kier alpha value is -2.32. The van der Waals surface area contributed by atoms with E-state index in [-0.39, 0.29) is 5.91 Å². The molecule has 0 aliphatic rings. The highest BCUT2D eigenvalue weighted by Gasteiger charge is 2.14. The summed E-state index contributed by atoms with van der Waals surface area (Å²) in [7, 11) is 0. The molecule has 0 atom stereocenters. The van der Waals surface area contributed by atoms with Gasteiger partial charge in [-0.3, -0.25) is 10.1 Å². The van der Waals surface area contributed by atoms with Crippen LogP contribution in [0.1, 0.15) is 28.0 Å². The minimum atomic E-state index is -0.266. The molecule has 0 aliphatic heterocycles. The van der Waals surface area contributed by atoms with Crippen molar-refractivity contribution in [3.63, 3.8) is 0 Å². The summed E-state index contributed by atoms with van der Waals surface area (Å²) in [6.45, 7) is 2.32. The number of nitrogens with zero attached hydrogens (tertiary/aromatic N) is 3. The number of benzene rings is 1. The Morgan fingerprint density at radius 1 is 1.30 bits per heavy atom. The molecular weight excluding hydrogens is 332 g/mol. The zero-order valence-corrected chi connectivity index (χ0v) is 14.0. The number of carbonyl (C=O) groups is 1. The van der Waals surface area contributed by atoms with Crippen LogP contribution in [0.3, 0.4) is 0 Å². The minimum Gasteiger partial charge on any atom is -0.486 e. The molecule has 0 spiro atoms. The maximum atomic E-state index is 12.4. The highest BCUT2D eigenvalue weighted by molar-refractivity contribution is 7.15. The standard InChI is InChI=1S/C15H14N4O2S2/c1-2-13-18-19-15(23-13)17-14(20)11-5-3-4-6-12(11)21-7-10-8-22-9-16-10/h3-6,8-9H,2,7H2,1H3,(H,17,19,20). The van der Waals surface area contributed by atoms with Crippen LogP contribution in [0.2, 0.25) is 0 Å². The molecule has 2 heterocycles. The first kappa shape index (κ1) is 15.6. The fourth-order valence-corrected chi connectivity index (χ4v) is 3.07. The molecule has 1 aromatic carbocycles. The van der Waals surface area contributed by atoms with E-state index >= 15 is 0 Å². The summed E-state index contributed by atoms with van der Waals surface area (Å²) < 4.78 is 5.72. The first-order chi connectivity index (χ1) is 11.3. The Kier molecular flexibility index (Phi) is 4.94. The second-order valence-electron chi connectivity index (χ2n) is 4.57. The fraction of sp³-hybridized carbons (Fsp3) is 0.200. The lowest BCUT2D eigenvalue weighted by atomic mass is 10.2. The average Bonchev–Trinajstić information content (AvgIpc) is 3.24. The van der Waals surface area contributed by atoms with Gasteiger partial charge in [-0.2, -0.15) is 0 Å². The van der Waals surface area contributed by atoms with Gasteiger partial charge in [0.25, 0.3) is 5.91 Å². The van der Waals surface area contributed by atoms with Gasteiger partial charge in [0, 0.05) is 5.38 Å². The molecule has 2 aromatic heterocycles. The predicted molar refractivity (Wildman–Crippen MR) is 90.1 cm³/mol. The molecule has 23 heavy (non-hydrogen) atoms. The van der Waals surface area contributed by atoms with E-state index in [1.54, 1.807) is 23.7 Å². The van der Waals surface area contributed by atoms with Crippen molar-refractivity contribution in [1.82, 2.24) is 15.2 Å². The molecule has 0 radical (unpaired) electrons. The molecule has 1 N–H and O–H groups in total. The topological polar surface area (TPSA) is 77.0 Å². The molecule has 0 bridgehead atoms. The number of para-hydroxylation sites is 1. The average molecular weight is 346 g/mol.